The summed E-state index contributed by atoms with van der Waals surface area (Å²) in [6.07, 6.45) is 50.2. The van der Waals surface area contributed by atoms with Gasteiger partial charge in [-0.15, -0.1) is 0 Å². The van der Waals surface area contributed by atoms with E-state index < -0.39 is 26.5 Å². The van der Waals surface area contributed by atoms with Crippen LogP contribution in [0.15, 0.2) is 12.2 Å². The van der Waals surface area contributed by atoms with Crippen molar-refractivity contribution in [2.24, 2.45) is 0 Å². The van der Waals surface area contributed by atoms with E-state index in [9.17, 15) is 19.0 Å². The molecule has 0 spiro atoms. The Morgan fingerprint density at radius 1 is 0.484 bits per heavy atom. The van der Waals surface area contributed by atoms with Crippen LogP contribution in [0.4, 0.5) is 0 Å². The number of nitrogens with zero attached hydrogens (tertiary/aromatic N) is 1. The second kappa shape index (κ2) is 44.9. The molecule has 0 bridgehead atoms. The molecular weight excluding hydrogens is 798 g/mol. The summed E-state index contributed by atoms with van der Waals surface area (Å²) in [7, 11) is 1.48. The fourth-order valence-corrected chi connectivity index (χ4v) is 8.41. The van der Waals surface area contributed by atoms with Gasteiger partial charge in [-0.3, -0.25) is 18.6 Å². The Balaban J connectivity index is 3.97. The number of carbonyl (C=O) groups excluding carboxylic acids is 2. The van der Waals surface area contributed by atoms with E-state index in [-0.39, 0.29) is 25.6 Å². The summed E-state index contributed by atoms with van der Waals surface area (Å²) in [5, 5.41) is 0. The Morgan fingerprint density at radius 3 is 1.26 bits per heavy atom. The van der Waals surface area contributed by atoms with Crippen LogP contribution in [-0.2, 0) is 32.7 Å². The standard InChI is InChI=1S/C52H102NO8P/c1-6-8-10-12-14-16-18-19-20-21-22-23-24-25-26-27-28-29-30-31-32-33-34-35-37-38-40-42-44-51(54)58-48-50(49-60-62(56,57)59-47-46-53(3,4)5)61-52(55)45-43-41-39-36-17-15-13-11-9-7-2/h11,13,50H,6-10,12,14-49H2,1-5H3/p+1/b13-11-. The SMILES string of the molecule is CCC/C=C\CCCCCCCC(=O)OC(COC(=O)CCCCCCCCCCCCCCCCCCCCCCCCCCCCCC)COP(=O)(O)OCC[N+](C)(C)C. The smallest absolute Gasteiger partial charge is 0.462 e. The van der Waals surface area contributed by atoms with E-state index in [2.05, 4.69) is 26.0 Å². The number of rotatable bonds is 49. The fraction of sp³-hybridized carbons (Fsp3) is 0.923. The lowest BCUT2D eigenvalue weighted by Crippen LogP contribution is -2.37. The van der Waals surface area contributed by atoms with Crippen LogP contribution >= 0.6 is 7.82 Å². The van der Waals surface area contributed by atoms with Crippen molar-refractivity contribution < 1.29 is 42.1 Å². The molecule has 2 atom stereocenters. The first-order valence-electron chi connectivity index (χ1n) is 26.4. The number of allylic oxidation sites excluding steroid dienone is 2. The topological polar surface area (TPSA) is 108 Å². The Hall–Kier alpha value is -1.25. The number of phosphoric ester groups is 1. The van der Waals surface area contributed by atoms with E-state index in [4.69, 9.17) is 18.5 Å². The van der Waals surface area contributed by atoms with Gasteiger partial charge in [0.1, 0.15) is 19.8 Å². The molecular formula is C52H103NO8P+. The molecule has 368 valence electrons. The van der Waals surface area contributed by atoms with Gasteiger partial charge in [-0.2, -0.15) is 0 Å². The molecule has 2 unspecified atom stereocenters. The molecule has 62 heavy (non-hydrogen) atoms. The van der Waals surface area contributed by atoms with Crippen molar-refractivity contribution in [3.8, 4) is 0 Å². The number of hydrogen-bond donors (Lipinski definition) is 1. The third kappa shape index (κ3) is 48.2. The number of quaternary nitrogens is 1. The summed E-state index contributed by atoms with van der Waals surface area (Å²) in [5.41, 5.74) is 0. The first-order chi connectivity index (χ1) is 30.0. The summed E-state index contributed by atoms with van der Waals surface area (Å²) in [4.78, 5) is 35.4. The Morgan fingerprint density at radius 2 is 0.855 bits per heavy atom. The zero-order valence-electron chi connectivity index (χ0n) is 41.6. The first-order valence-corrected chi connectivity index (χ1v) is 27.9. The van der Waals surface area contributed by atoms with Crippen LogP contribution in [-0.4, -0.2) is 74.9 Å². The Labute approximate surface area is 384 Å². The number of ether oxygens (including phenoxy) is 2. The largest absolute Gasteiger partial charge is 0.472 e. The number of unbranched alkanes of at least 4 members (excludes halogenated alkanes) is 33. The maximum atomic E-state index is 12.7. The summed E-state index contributed by atoms with van der Waals surface area (Å²) in [6, 6.07) is 0. The second-order valence-corrected chi connectivity index (χ2v) is 20.7. The molecule has 0 aromatic carbocycles. The van der Waals surface area contributed by atoms with Crippen LogP contribution in [0.25, 0.3) is 0 Å². The highest BCUT2D eigenvalue weighted by Gasteiger charge is 2.27. The van der Waals surface area contributed by atoms with Crippen molar-refractivity contribution in [2.75, 3.05) is 47.5 Å². The summed E-state index contributed by atoms with van der Waals surface area (Å²) < 4.78 is 34.3. The highest BCUT2D eigenvalue weighted by atomic mass is 31.2. The zero-order valence-corrected chi connectivity index (χ0v) is 42.5. The van der Waals surface area contributed by atoms with E-state index >= 15 is 0 Å². The minimum absolute atomic E-state index is 0.0331. The molecule has 0 aromatic heterocycles. The predicted molar refractivity (Wildman–Crippen MR) is 261 cm³/mol. The first kappa shape index (κ1) is 60.8. The number of carbonyl (C=O) groups is 2. The molecule has 0 heterocycles. The van der Waals surface area contributed by atoms with Gasteiger partial charge in [-0.05, 0) is 32.1 Å². The van der Waals surface area contributed by atoms with Gasteiger partial charge < -0.3 is 18.9 Å². The van der Waals surface area contributed by atoms with Gasteiger partial charge in [-0.1, -0.05) is 225 Å². The zero-order chi connectivity index (χ0) is 45.7. The highest BCUT2D eigenvalue weighted by molar-refractivity contribution is 7.47. The lowest BCUT2D eigenvalue weighted by molar-refractivity contribution is -0.870. The van der Waals surface area contributed by atoms with Crippen molar-refractivity contribution in [3.05, 3.63) is 12.2 Å². The molecule has 1 N–H and O–H groups in total. The lowest BCUT2D eigenvalue weighted by Gasteiger charge is -2.24. The molecule has 0 rings (SSSR count). The maximum Gasteiger partial charge on any atom is 0.472 e. The molecule has 0 saturated heterocycles. The molecule has 0 fully saturated rings. The van der Waals surface area contributed by atoms with Crippen molar-refractivity contribution in [3.63, 3.8) is 0 Å². The number of hydrogen-bond acceptors (Lipinski definition) is 7. The van der Waals surface area contributed by atoms with E-state index in [1.807, 2.05) is 21.1 Å². The van der Waals surface area contributed by atoms with E-state index in [0.29, 0.717) is 23.9 Å². The van der Waals surface area contributed by atoms with Gasteiger partial charge in [0.25, 0.3) is 0 Å². The van der Waals surface area contributed by atoms with Crippen molar-refractivity contribution in [2.45, 2.75) is 264 Å². The van der Waals surface area contributed by atoms with Gasteiger partial charge in [-0.25, -0.2) is 4.57 Å². The molecule has 0 aliphatic heterocycles. The van der Waals surface area contributed by atoms with Gasteiger partial charge in [0.2, 0.25) is 0 Å². The summed E-state index contributed by atoms with van der Waals surface area (Å²) in [5.74, 6) is -0.798. The third-order valence-corrected chi connectivity index (χ3v) is 12.8. The normalized spacial score (nSPS) is 13.5. The van der Waals surface area contributed by atoms with Crippen LogP contribution in [0, 0.1) is 0 Å². The fourth-order valence-electron chi connectivity index (χ4n) is 7.67. The quantitative estimate of drug-likeness (QED) is 0.0211. The maximum absolute atomic E-state index is 12.7. The van der Waals surface area contributed by atoms with Gasteiger partial charge in [0, 0.05) is 12.8 Å². The van der Waals surface area contributed by atoms with E-state index in [1.54, 1.807) is 0 Å². The van der Waals surface area contributed by atoms with Crippen molar-refractivity contribution in [1.82, 2.24) is 0 Å². The van der Waals surface area contributed by atoms with Gasteiger partial charge in [0.15, 0.2) is 6.10 Å². The van der Waals surface area contributed by atoms with Crippen molar-refractivity contribution >= 4 is 19.8 Å². The average Bonchev–Trinajstić information content (AvgIpc) is 3.23. The van der Waals surface area contributed by atoms with E-state index in [0.717, 1.165) is 57.8 Å². The third-order valence-electron chi connectivity index (χ3n) is 11.8. The molecule has 0 saturated carbocycles. The highest BCUT2D eigenvalue weighted by Crippen LogP contribution is 2.43. The molecule has 10 heteroatoms. The van der Waals surface area contributed by atoms with Crippen LogP contribution in [0.2, 0.25) is 0 Å². The van der Waals surface area contributed by atoms with Gasteiger partial charge in [0.05, 0.1) is 27.7 Å². The van der Waals surface area contributed by atoms with Crippen LogP contribution in [0.5, 0.6) is 0 Å². The van der Waals surface area contributed by atoms with Crippen molar-refractivity contribution in [1.29, 1.82) is 0 Å². The summed E-state index contributed by atoms with van der Waals surface area (Å²) >= 11 is 0. The van der Waals surface area contributed by atoms with Gasteiger partial charge >= 0.3 is 19.8 Å². The number of likely N-dealkylation sites (N-methyl/N-ethyl adjacent to an activating group) is 1. The van der Waals surface area contributed by atoms with Crippen LogP contribution in [0.1, 0.15) is 258 Å². The average molecular weight is 901 g/mol. The predicted octanol–water partition coefficient (Wildman–Crippen LogP) is 15.7. The van der Waals surface area contributed by atoms with Crippen LogP contribution < -0.4 is 0 Å². The molecule has 9 nitrogen and oxygen atoms in total. The second-order valence-electron chi connectivity index (χ2n) is 19.3. The van der Waals surface area contributed by atoms with Crippen LogP contribution in [0.3, 0.4) is 0 Å². The number of phosphoric acid groups is 1. The molecule has 0 aliphatic rings. The Kier molecular flexibility index (Phi) is 44.0. The molecule has 0 amide bonds. The minimum atomic E-state index is -4.37. The summed E-state index contributed by atoms with van der Waals surface area (Å²) in [6.45, 7) is 4.39. The Bertz CT molecular complexity index is 1060. The van der Waals surface area contributed by atoms with E-state index in [1.165, 1.54) is 167 Å². The minimum Gasteiger partial charge on any atom is -0.462 e. The molecule has 0 aromatic rings. The molecule has 0 aliphatic carbocycles. The monoisotopic (exact) mass is 901 g/mol. The lowest BCUT2D eigenvalue weighted by atomic mass is 10.0. The number of esters is 2. The molecule has 0 radical (unpaired) electrons.